The van der Waals surface area contributed by atoms with Crippen LogP contribution in [0.25, 0.3) is 0 Å². The number of esters is 6. The lowest BCUT2D eigenvalue weighted by Gasteiger charge is -2.77. The third-order valence-corrected chi connectivity index (χ3v) is 50.9. The fourth-order valence-electron chi connectivity index (χ4n) is 42.3. The van der Waals surface area contributed by atoms with Crippen molar-refractivity contribution in [2.45, 2.75) is 566 Å². The van der Waals surface area contributed by atoms with Crippen molar-refractivity contribution in [1.29, 1.82) is 0 Å². The number of carbonyl (C=O) groups is 6. The van der Waals surface area contributed by atoms with Crippen molar-refractivity contribution in [3.63, 3.8) is 0 Å². The lowest BCUT2D eigenvalue weighted by molar-refractivity contribution is -0.338. The second-order valence-electron chi connectivity index (χ2n) is 60.0. The van der Waals surface area contributed by atoms with E-state index in [0.29, 0.717) is 11.8 Å². The Balaban J connectivity index is 0.000000197. The highest BCUT2D eigenvalue weighted by Gasteiger charge is 2.79. The van der Waals surface area contributed by atoms with E-state index < -0.39 is 23.4 Å². The van der Waals surface area contributed by atoms with Gasteiger partial charge in [-0.05, 0) is 596 Å². The molecule has 0 amide bonds. The Morgan fingerprint density at radius 1 is 0.268 bits per heavy atom. The summed E-state index contributed by atoms with van der Waals surface area (Å²) in [5.74, 6) is 33.1. The monoisotopic (exact) mass is 2090 g/mol. The summed E-state index contributed by atoms with van der Waals surface area (Å²) in [5.41, 5.74) is -2.65. The zero-order valence-corrected chi connectivity index (χ0v) is 91.2. The van der Waals surface area contributed by atoms with Gasteiger partial charge >= 0.3 is 35.8 Å². The van der Waals surface area contributed by atoms with Crippen molar-refractivity contribution in [3.8, 4) is 0 Å². The van der Waals surface area contributed by atoms with Crippen LogP contribution in [-0.4, -0.2) is 82.0 Å². The van der Waals surface area contributed by atoms with Gasteiger partial charge in [0.2, 0.25) is 12.6 Å². The molecule has 0 saturated heterocycles. The molecule has 0 aromatic rings. The summed E-state index contributed by atoms with van der Waals surface area (Å²) in [6, 6.07) is 0. The molecule has 36 rings (SSSR count). The van der Waals surface area contributed by atoms with Gasteiger partial charge in [-0.1, -0.05) is 131 Å². The molecule has 36 aliphatic rings. The zero-order chi connectivity index (χ0) is 97.6. The van der Waals surface area contributed by atoms with E-state index in [9.17, 15) is 28.8 Å². The van der Waals surface area contributed by atoms with Crippen LogP contribution in [0.4, 0.5) is 0 Å². The largest absolute Gasteiger partial charge is 0.459 e. The second kappa shape index (κ2) is 44.3. The standard InChI is InChI=1S/2C23H36O2.2C22H34O3.C21H32O2.C12H22O2.12CH4/c1-6-21(2,3)20(24)25-22(4,5)23-12-14-8-16-15-7-13(10-18(16)23)11-19(23)17(15)9-14;1-6-21(2,3)20(24)25-22(4,5)23-10-17-14-7-13-8-15(17)19(12-23)16(9-13)18(14)11-23;1-5-21(3,4)20(23)24-12(2)25-22-11-14-7-16-15-6-13(9-18(16)22)10-19(22)17(15)8-14;1-5-21(3,4)20(23)24-12(2)25-22-9-17-14-6-13-7-15(17)19(11-22)16(8-13)18(14)10-22;1-5-20(2,3)19(22)23-21(4)12-9-14-13-6-11-7-16(14)18(21)17(8-11)15(13)10-12;1-5-11(2,3)10(13)14-12(4)8-6-7-9-12;;;;;;;;;;;;/h2*13-19H,6-12H2,1-5H3;2*12-19H,5-11H2,1-4H3;11-18H,5-10H2,1-4H3;5-9H2,1-4H3;12*1H4. The van der Waals surface area contributed by atoms with Crippen LogP contribution >= 0.6 is 0 Å². The van der Waals surface area contributed by atoms with Gasteiger partial charge in [0, 0.05) is 16.7 Å². The Hall–Kier alpha value is -3.26. The molecule has 15 atom stereocenters. The number of carbonyl (C=O) groups excluding carboxylic acids is 6. The molecular weight excluding hydrogens is 1850 g/mol. The molecule has 0 aromatic heterocycles. The number of ether oxygens (including phenoxy) is 8. The van der Waals surface area contributed by atoms with Crippen molar-refractivity contribution >= 4 is 35.8 Å². The lowest BCUT2D eigenvalue weighted by atomic mass is 9.28. The Morgan fingerprint density at radius 2 is 0.530 bits per heavy atom. The number of hydrogen-bond acceptors (Lipinski definition) is 14. The Morgan fingerprint density at radius 3 is 0.886 bits per heavy atom. The number of rotatable bonds is 24. The van der Waals surface area contributed by atoms with Gasteiger partial charge in [-0.15, -0.1) is 0 Å². The predicted molar refractivity (Wildman–Crippen MR) is 616 cm³/mol. The Labute approximate surface area is 918 Å². The maximum absolute atomic E-state index is 13.0. The van der Waals surface area contributed by atoms with Gasteiger partial charge in [-0.3, -0.25) is 28.8 Å². The molecule has 36 aliphatic carbocycles. The molecular formula is C135H242O14. The predicted octanol–water partition coefficient (Wildman–Crippen LogP) is 36.1. The third kappa shape index (κ3) is 20.5. The van der Waals surface area contributed by atoms with Gasteiger partial charge in [-0.2, -0.15) is 0 Å². The van der Waals surface area contributed by atoms with E-state index in [4.69, 9.17) is 37.9 Å². The molecule has 36 fully saturated rings. The molecule has 0 radical (unpaired) electrons. The third-order valence-electron chi connectivity index (χ3n) is 50.9. The minimum atomic E-state index is -0.420. The smallest absolute Gasteiger partial charge is 0.313 e. The molecule has 0 spiro atoms. The summed E-state index contributed by atoms with van der Waals surface area (Å²) >= 11 is 0. The van der Waals surface area contributed by atoms with E-state index in [0.717, 1.165) is 253 Å². The summed E-state index contributed by atoms with van der Waals surface area (Å²) in [5, 5.41) is 0. The molecule has 866 valence electrons. The Bertz CT molecular complexity index is 4350. The maximum Gasteiger partial charge on any atom is 0.313 e. The van der Waals surface area contributed by atoms with E-state index in [1.807, 2.05) is 118 Å². The average Bonchev–Trinajstić information content (AvgIpc) is 0.665. The van der Waals surface area contributed by atoms with Gasteiger partial charge in [-0.25, -0.2) is 0 Å². The fourth-order valence-corrected chi connectivity index (χ4v) is 42.3. The Kier molecular flexibility index (Phi) is 38.4. The van der Waals surface area contributed by atoms with Crippen LogP contribution in [-0.2, 0) is 66.7 Å². The first-order valence-electron chi connectivity index (χ1n) is 59.0. The first-order valence-corrected chi connectivity index (χ1v) is 59.0. The first kappa shape index (κ1) is 129. The van der Waals surface area contributed by atoms with E-state index >= 15 is 0 Å². The van der Waals surface area contributed by atoms with Crippen LogP contribution in [0.5, 0.6) is 0 Å². The molecule has 0 N–H and O–H groups in total. The van der Waals surface area contributed by atoms with Crippen molar-refractivity contribution in [2.24, 2.45) is 256 Å². The summed E-state index contributed by atoms with van der Waals surface area (Å²) in [6.45, 7) is 53.7. The van der Waals surface area contributed by atoms with Gasteiger partial charge in [0.15, 0.2) is 0 Å². The number of hydrogen-bond donors (Lipinski definition) is 0. The van der Waals surface area contributed by atoms with Crippen LogP contribution in [0.1, 0.15) is 520 Å². The molecule has 36 saturated carbocycles. The van der Waals surface area contributed by atoms with Crippen molar-refractivity contribution in [2.75, 3.05) is 0 Å². The molecule has 14 nitrogen and oxygen atoms in total. The fraction of sp³-hybridized carbons (Fsp3) is 0.956. The van der Waals surface area contributed by atoms with E-state index in [1.165, 1.54) is 199 Å². The van der Waals surface area contributed by atoms with Crippen LogP contribution in [0.2, 0.25) is 0 Å². The first-order chi connectivity index (χ1) is 64.3. The molecule has 0 heterocycles. The summed E-state index contributed by atoms with van der Waals surface area (Å²) in [6.07, 6.45) is 49.5. The normalized spacial score (nSPS) is 44.1. The summed E-state index contributed by atoms with van der Waals surface area (Å²) in [7, 11) is 0. The molecule has 0 aromatic carbocycles. The highest BCUT2D eigenvalue weighted by molar-refractivity contribution is 5.79. The topological polar surface area (TPSA) is 176 Å². The molecule has 14 heteroatoms. The van der Waals surface area contributed by atoms with Crippen molar-refractivity contribution < 1.29 is 66.7 Å². The average molecular weight is 2090 g/mol. The highest BCUT2D eigenvalue weighted by atomic mass is 16.7. The quantitative estimate of drug-likeness (QED) is 0.0507. The molecule has 0 aliphatic heterocycles. The van der Waals surface area contributed by atoms with Crippen molar-refractivity contribution in [3.05, 3.63) is 0 Å². The minimum absolute atomic E-state index is 0. The minimum Gasteiger partial charge on any atom is -0.459 e. The molecule has 149 heavy (non-hydrogen) atoms. The van der Waals surface area contributed by atoms with Crippen LogP contribution < -0.4 is 0 Å². The van der Waals surface area contributed by atoms with E-state index in [-0.39, 0.29) is 191 Å². The molecule has 40 bridgehead atoms. The van der Waals surface area contributed by atoms with Crippen LogP contribution in [0.3, 0.4) is 0 Å². The zero-order valence-electron chi connectivity index (χ0n) is 91.2. The van der Waals surface area contributed by atoms with Gasteiger partial charge < -0.3 is 37.9 Å². The highest BCUT2D eigenvalue weighted by Crippen LogP contribution is 2.82. The van der Waals surface area contributed by atoms with Gasteiger partial charge in [0.25, 0.3) is 0 Å². The van der Waals surface area contributed by atoms with Crippen LogP contribution in [0, 0.1) is 256 Å². The van der Waals surface area contributed by atoms with Crippen molar-refractivity contribution in [1.82, 2.24) is 0 Å². The SMILES string of the molecule is C.C.C.C.C.C.C.C.C.C.C.C.CCC(C)(C)C(=O)OC(C)(C)C12CC3C4CC5CC3C(C1)C(C5)C4C2.CCC(C)(C)C(=O)OC(C)(C)C12CC3CC4C5CC(CC41)CC2C5C3.CCC(C)(C)C(=O)OC(C)OC12CC3C4CC5CC3C(C1)C(C5)C4C2.CCC(C)(C)C(=O)OC(C)OC12CC3CC4C5CC(CC41)CC2C5C3.CCC(C)(C)C(=O)OC1(C)C2CC3C4CC5CC3C1C(C5)C4C2.CCC(C)(C)C(=O)OC1(C)CCCC1. The lowest BCUT2D eigenvalue weighted by Crippen LogP contribution is -2.73. The van der Waals surface area contributed by atoms with E-state index in [1.54, 1.807) is 0 Å². The van der Waals surface area contributed by atoms with E-state index in [2.05, 4.69) is 62.3 Å². The molecule has 15 unspecified atom stereocenters. The maximum atomic E-state index is 13.0. The van der Waals surface area contributed by atoms with Gasteiger partial charge in [0.05, 0.1) is 43.7 Å². The second-order valence-corrected chi connectivity index (χ2v) is 60.0. The van der Waals surface area contributed by atoms with Gasteiger partial charge in [0.1, 0.15) is 22.4 Å². The summed E-state index contributed by atoms with van der Waals surface area (Å²) in [4.78, 5) is 75.4. The summed E-state index contributed by atoms with van der Waals surface area (Å²) < 4.78 is 49.6. The van der Waals surface area contributed by atoms with Crippen LogP contribution in [0.15, 0.2) is 0 Å².